The Balaban J connectivity index is 2.69. The predicted molar refractivity (Wildman–Crippen MR) is 54.6 cm³/mol. The Kier molecular flexibility index (Phi) is 4.11. The van der Waals surface area contributed by atoms with Gasteiger partial charge in [0.15, 0.2) is 5.78 Å². The van der Waals surface area contributed by atoms with Crippen LogP contribution in [0.1, 0.15) is 37.0 Å². The molecule has 14 heavy (non-hydrogen) atoms. The highest BCUT2D eigenvalue weighted by atomic mass is 16.5. The summed E-state index contributed by atoms with van der Waals surface area (Å²) in [4.78, 5) is 15.2. The number of nitrogens with zero attached hydrogens (tertiary/aromatic N) is 1. The largest absolute Gasteiger partial charge is 0.477 e. The van der Waals surface area contributed by atoms with E-state index in [-0.39, 0.29) is 5.78 Å². The quantitative estimate of drug-likeness (QED) is 0.532. The minimum Gasteiger partial charge on any atom is -0.477 e. The van der Waals surface area contributed by atoms with Crippen LogP contribution in [-0.2, 0) is 0 Å². The predicted octanol–water partition coefficient (Wildman–Crippen LogP) is 2.46. The third-order valence-corrected chi connectivity index (χ3v) is 1.89. The Morgan fingerprint density at radius 3 is 3.00 bits per heavy atom. The van der Waals surface area contributed by atoms with Crippen molar-refractivity contribution in [2.45, 2.75) is 26.7 Å². The molecule has 0 atom stereocenters. The summed E-state index contributed by atoms with van der Waals surface area (Å²) in [6.45, 7) is 4.23. The van der Waals surface area contributed by atoms with Crippen LogP contribution < -0.4 is 4.74 Å². The van der Waals surface area contributed by atoms with Gasteiger partial charge in [-0.15, -0.1) is 0 Å². The molecular weight excluding hydrogens is 178 g/mol. The van der Waals surface area contributed by atoms with Crippen molar-refractivity contribution in [2.75, 3.05) is 6.61 Å². The Morgan fingerprint density at radius 2 is 2.36 bits per heavy atom. The van der Waals surface area contributed by atoms with Crippen molar-refractivity contribution in [1.29, 1.82) is 0 Å². The third-order valence-electron chi connectivity index (χ3n) is 1.89. The molecule has 0 aliphatic carbocycles. The average molecular weight is 193 g/mol. The molecule has 0 N–H and O–H groups in total. The Labute approximate surface area is 84.1 Å². The number of ketones is 1. The summed E-state index contributed by atoms with van der Waals surface area (Å²) in [6, 6.07) is 3.47. The number of aromatic nitrogens is 1. The number of ether oxygens (including phenoxy) is 1. The molecule has 1 aromatic rings. The Morgan fingerprint density at radius 1 is 1.57 bits per heavy atom. The monoisotopic (exact) mass is 193 g/mol. The van der Waals surface area contributed by atoms with Crippen molar-refractivity contribution in [3.8, 4) is 5.88 Å². The lowest BCUT2D eigenvalue weighted by Crippen LogP contribution is -2.04. The number of unbranched alkanes of at least 4 members (excludes halogenated alkanes) is 1. The van der Waals surface area contributed by atoms with Gasteiger partial charge in [0.25, 0.3) is 0 Å². The number of rotatable bonds is 5. The number of Topliss-reactive ketones (excluding diaryl/α,β-unsaturated/α-hetero) is 1. The molecule has 0 bridgehead atoms. The van der Waals surface area contributed by atoms with E-state index in [4.69, 9.17) is 4.74 Å². The van der Waals surface area contributed by atoms with Gasteiger partial charge >= 0.3 is 0 Å². The number of hydrogen-bond acceptors (Lipinski definition) is 3. The normalized spacial score (nSPS) is 9.86. The van der Waals surface area contributed by atoms with Crippen LogP contribution in [0.15, 0.2) is 18.3 Å². The zero-order valence-corrected chi connectivity index (χ0v) is 8.62. The van der Waals surface area contributed by atoms with E-state index in [9.17, 15) is 4.79 Å². The van der Waals surface area contributed by atoms with E-state index in [1.807, 2.05) is 0 Å². The molecule has 3 nitrogen and oxygen atoms in total. The highest BCUT2D eigenvalue weighted by Gasteiger charge is 2.07. The van der Waals surface area contributed by atoms with Crippen LogP contribution >= 0.6 is 0 Å². The Bertz CT molecular complexity index is 310. The molecule has 0 aliphatic heterocycles. The lowest BCUT2D eigenvalue weighted by molar-refractivity contribution is 0.101. The van der Waals surface area contributed by atoms with E-state index in [1.54, 1.807) is 18.3 Å². The van der Waals surface area contributed by atoms with Gasteiger partial charge in [0.05, 0.1) is 12.2 Å². The van der Waals surface area contributed by atoms with E-state index >= 15 is 0 Å². The Hall–Kier alpha value is -1.38. The summed E-state index contributed by atoms with van der Waals surface area (Å²) in [5.74, 6) is 0.443. The molecule has 1 heterocycles. The standard InChI is InChI=1S/C11H15NO2/c1-3-4-8-14-11-10(9(2)13)6-5-7-12-11/h5-7H,3-4,8H2,1-2H3. The number of carbonyl (C=O) groups excluding carboxylic acids is 1. The maximum absolute atomic E-state index is 11.2. The summed E-state index contributed by atoms with van der Waals surface area (Å²) >= 11 is 0. The molecule has 1 rings (SSSR count). The molecule has 76 valence electrons. The van der Waals surface area contributed by atoms with Crippen molar-refractivity contribution >= 4 is 5.78 Å². The van der Waals surface area contributed by atoms with Gasteiger partial charge in [-0.3, -0.25) is 4.79 Å². The van der Waals surface area contributed by atoms with Crippen molar-refractivity contribution in [3.05, 3.63) is 23.9 Å². The molecule has 1 aromatic heterocycles. The van der Waals surface area contributed by atoms with Crippen LogP contribution in [0.3, 0.4) is 0 Å². The van der Waals surface area contributed by atoms with E-state index in [0.717, 1.165) is 12.8 Å². The first kappa shape index (κ1) is 10.7. The average Bonchev–Trinajstić information content (AvgIpc) is 2.19. The van der Waals surface area contributed by atoms with Crippen LogP contribution in [0, 0.1) is 0 Å². The molecule has 0 spiro atoms. The fourth-order valence-electron chi connectivity index (χ4n) is 1.09. The van der Waals surface area contributed by atoms with Crippen molar-refractivity contribution < 1.29 is 9.53 Å². The van der Waals surface area contributed by atoms with Gasteiger partial charge in [-0.25, -0.2) is 4.98 Å². The third kappa shape index (κ3) is 2.83. The fourth-order valence-corrected chi connectivity index (χ4v) is 1.09. The smallest absolute Gasteiger partial charge is 0.224 e. The molecular formula is C11H15NO2. The van der Waals surface area contributed by atoms with Crippen LogP contribution in [0.25, 0.3) is 0 Å². The van der Waals surface area contributed by atoms with Crippen LogP contribution in [0.2, 0.25) is 0 Å². The van der Waals surface area contributed by atoms with Gasteiger partial charge in [0, 0.05) is 6.20 Å². The summed E-state index contributed by atoms with van der Waals surface area (Å²) in [5, 5.41) is 0. The van der Waals surface area contributed by atoms with Gasteiger partial charge in [-0.1, -0.05) is 13.3 Å². The molecule has 0 radical (unpaired) electrons. The molecule has 0 aliphatic rings. The summed E-state index contributed by atoms with van der Waals surface area (Å²) in [6.07, 6.45) is 3.68. The second-order valence-corrected chi connectivity index (χ2v) is 3.11. The molecule has 3 heteroatoms. The zero-order valence-electron chi connectivity index (χ0n) is 8.62. The molecule has 0 saturated carbocycles. The lowest BCUT2D eigenvalue weighted by Gasteiger charge is -2.06. The maximum Gasteiger partial charge on any atom is 0.224 e. The number of pyridine rings is 1. The maximum atomic E-state index is 11.2. The molecule has 0 amide bonds. The second-order valence-electron chi connectivity index (χ2n) is 3.11. The van der Waals surface area contributed by atoms with E-state index in [2.05, 4.69) is 11.9 Å². The van der Waals surface area contributed by atoms with Crippen molar-refractivity contribution in [2.24, 2.45) is 0 Å². The first-order valence-corrected chi connectivity index (χ1v) is 4.84. The van der Waals surface area contributed by atoms with Crippen molar-refractivity contribution in [1.82, 2.24) is 4.98 Å². The van der Waals surface area contributed by atoms with Crippen LogP contribution in [0.4, 0.5) is 0 Å². The van der Waals surface area contributed by atoms with Crippen LogP contribution in [0.5, 0.6) is 5.88 Å². The van der Waals surface area contributed by atoms with E-state index in [1.165, 1.54) is 6.92 Å². The van der Waals surface area contributed by atoms with Gasteiger partial charge in [0.2, 0.25) is 5.88 Å². The van der Waals surface area contributed by atoms with Crippen LogP contribution in [-0.4, -0.2) is 17.4 Å². The minimum atomic E-state index is -0.00963. The van der Waals surface area contributed by atoms with E-state index in [0.29, 0.717) is 18.1 Å². The fraction of sp³-hybridized carbons (Fsp3) is 0.455. The van der Waals surface area contributed by atoms with Gasteiger partial charge in [-0.2, -0.15) is 0 Å². The minimum absolute atomic E-state index is 0.00963. The highest BCUT2D eigenvalue weighted by Crippen LogP contribution is 2.14. The SMILES string of the molecule is CCCCOc1ncccc1C(C)=O. The topological polar surface area (TPSA) is 39.2 Å². The molecule has 0 saturated heterocycles. The van der Waals surface area contributed by atoms with Gasteiger partial charge in [-0.05, 0) is 25.5 Å². The number of carbonyl (C=O) groups is 1. The molecule has 0 aromatic carbocycles. The molecule has 0 unspecified atom stereocenters. The zero-order chi connectivity index (χ0) is 10.4. The summed E-state index contributed by atoms with van der Waals surface area (Å²) < 4.78 is 5.41. The van der Waals surface area contributed by atoms with E-state index < -0.39 is 0 Å². The second kappa shape index (κ2) is 5.37. The highest BCUT2D eigenvalue weighted by molar-refractivity contribution is 5.96. The lowest BCUT2D eigenvalue weighted by atomic mass is 10.2. The first-order chi connectivity index (χ1) is 6.75. The van der Waals surface area contributed by atoms with Crippen molar-refractivity contribution in [3.63, 3.8) is 0 Å². The number of hydrogen-bond donors (Lipinski definition) is 0. The summed E-state index contributed by atoms with van der Waals surface area (Å²) in [7, 11) is 0. The first-order valence-electron chi connectivity index (χ1n) is 4.84. The van der Waals surface area contributed by atoms with Gasteiger partial charge in [0.1, 0.15) is 0 Å². The summed E-state index contributed by atoms with van der Waals surface area (Å²) in [5.41, 5.74) is 0.559. The van der Waals surface area contributed by atoms with Gasteiger partial charge < -0.3 is 4.74 Å². The molecule has 0 fully saturated rings.